The molecule has 0 saturated carbocycles. The van der Waals surface area contributed by atoms with Crippen LogP contribution in [0.2, 0.25) is 0 Å². The van der Waals surface area contributed by atoms with Crippen LogP contribution < -0.4 is 10.6 Å². The van der Waals surface area contributed by atoms with Gasteiger partial charge in [0.15, 0.2) is 5.82 Å². The largest absolute Gasteiger partial charge is 0.481 e. The van der Waals surface area contributed by atoms with Crippen molar-refractivity contribution in [2.75, 3.05) is 23.7 Å². The summed E-state index contributed by atoms with van der Waals surface area (Å²) >= 11 is 0. The number of carboxylic acid groups (broad SMARTS) is 1. The highest BCUT2D eigenvalue weighted by Crippen LogP contribution is 2.22. The maximum absolute atomic E-state index is 11.3. The van der Waals surface area contributed by atoms with Crippen LogP contribution in [0, 0.1) is 12.8 Å². The highest BCUT2D eigenvalue weighted by molar-refractivity contribution is 5.70. The van der Waals surface area contributed by atoms with E-state index < -0.39 is 5.97 Å². The third-order valence-electron chi connectivity index (χ3n) is 6.16. The van der Waals surface area contributed by atoms with Gasteiger partial charge in [-0.2, -0.15) is 4.98 Å². The summed E-state index contributed by atoms with van der Waals surface area (Å²) in [7, 11) is 0. The zero-order valence-corrected chi connectivity index (χ0v) is 20.5. The molecule has 5 rings (SSSR count). The lowest BCUT2D eigenvalue weighted by atomic mass is 9.98. The van der Waals surface area contributed by atoms with Crippen LogP contribution in [0.1, 0.15) is 24.1 Å². The van der Waals surface area contributed by atoms with Crippen LogP contribution in [0.3, 0.4) is 0 Å². The molecule has 10 heteroatoms. The third kappa shape index (κ3) is 6.42. The van der Waals surface area contributed by atoms with Gasteiger partial charge in [0.2, 0.25) is 5.95 Å². The molecule has 4 aromatic rings. The number of nitrogens with one attached hydrogen (secondary N) is 2. The number of hydrogen-bond acceptors (Lipinski definition) is 9. The smallest absolute Gasteiger partial charge is 0.307 e. The number of hydrogen-bond donors (Lipinski definition) is 3. The van der Waals surface area contributed by atoms with E-state index in [1.165, 1.54) is 0 Å². The van der Waals surface area contributed by atoms with Crippen LogP contribution in [-0.2, 0) is 11.3 Å². The topological polar surface area (TPSA) is 129 Å². The zero-order valence-electron chi connectivity index (χ0n) is 20.5. The van der Waals surface area contributed by atoms with E-state index in [0.717, 1.165) is 42.9 Å². The fraction of sp³-hybridized carbons (Fsp3) is 0.259. The molecule has 188 valence electrons. The first-order valence-corrected chi connectivity index (χ1v) is 12.2. The molecule has 1 aromatic carbocycles. The molecule has 0 bridgehead atoms. The summed E-state index contributed by atoms with van der Waals surface area (Å²) in [6, 6.07) is 17.3. The second kappa shape index (κ2) is 11.1. The molecule has 1 fully saturated rings. The standard InChI is InChI=1S/C27H28N8O2/c1-18-4-2-6-22(30-18)25-28-13-11-23(33-25)32-24-12-14-29-27(34-24)31-21-9-7-19(8-10-21)16-35-15-3-5-20(17-35)26(36)37/h2,4,6-14,20H,3,5,15-17H2,1H3,(H,36,37)(H2,28,29,31,32,33,34). The van der Waals surface area contributed by atoms with Gasteiger partial charge < -0.3 is 15.7 Å². The van der Waals surface area contributed by atoms with Crippen LogP contribution in [0.5, 0.6) is 0 Å². The average Bonchev–Trinajstić information content (AvgIpc) is 2.90. The second-order valence-electron chi connectivity index (χ2n) is 9.05. The van der Waals surface area contributed by atoms with Gasteiger partial charge in [0, 0.05) is 36.9 Å². The van der Waals surface area contributed by atoms with E-state index in [1.807, 2.05) is 49.4 Å². The second-order valence-corrected chi connectivity index (χ2v) is 9.05. The Balaban J connectivity index is 1.21. The number of pyridine rings is 1. The van der Waals surface area contributed by atoms with E-state index in [2.05, 4.69) is 40.5 Å². The Bertz CT molecular complexity index is 1380. The minimum absolute atomic E-state index is 0.277. The molecular weight excluding hydrogens is 468 g/mol. The van der Waals surface area contributed by atoms with E-state index >= 15 is 0 Å². The van der Waals surface area contributed by atoms with Gasteiger partial charge in [-0.3, -0.25) is 9.69 Å². The van der Waals surface area contributed by atoms with E-state index in [4.69, 9.17) is 0 Å². The number of carboxylic acids is 1. The molecule has 37 heavy (non-hydrogen) atoms. The Morgan fingerprint density at radius 1 is 0.973 bits per heavy atom. The summed E-state index contributed by atoms with van der Waals surface area (Å²) in [4.78, 5) is 35.8. The number of anilines is 4. The van der Waals surface area contributed by atoms with Gasteiger partial charge in [-0.25, -0.2) is 19.9 Å². The van der Waals surface area contributed by atoms with Crippen molar-refractivity contribution in [2.24, 2.45) is 5.92 Å². The number of piperidine rings is 1. The van der Waals surface area contributed by atoms with Gasteiger partial charge in [-0.05, 0) is 68.3 Å². The highest BCUT2D eigenvalue weighted by Gasteiger charge is 2.25. The summed E-state index contributed by atoms with van der Waals surface area (Å²) < 4.78 is 0. The molecule has 1 atom stereocenters. The zero-order chi connectivity index (χ0) is 25.6. The lowest BCUT2D eigenvalue weighted by Crippen LogP contribution is -2.38. The van der Waals surface area contributed by atoms with Crippen molar-refractivity contribution in [1.29, 1.82) is 0 Å². The van der Waals surface area contributed by atoms with Gasteiger partial charge >= 0.3 is 5.97 Å². The molecule has 3 N–H and O–H groups in total. The molecule has 1 aliphatic rings. The minimum atomic E-state index is -0.704. The maximum Gasteiger partial charge on any atom is 0.307 e. The fourth-order valence-corrected chi connectivity index (χ4v) is 4.32. The molecule has 0 spiro atoms. The van der Waals surface area contributed by atoms with Crippen LogP contribution in [0.15, 0.2) is 67.0 Å². The number of benzene rings is 1. The predicted molar refractivity (Wildman–Crippen MR) is 141 cm³/mol. The number of rotatable bonds is 8. The van der Waals surface area contributed by atoms with E-state index in [9.17, 15) is 9.90 Å². The predicted octanol–water partition coefficient (Wildman–Crippen LogP) is 4.42. The molecule has 1 unspecified atom stereocenters. The van der Waals surface area contributed by atoms with Gasteiger partial charge in [0.25, 0.3) is 0 Å². The Labute approximate surface area is 214 Å². The quantitative estimate of drug-likeness (QED) is 0.322. The van der Waals surface area contributed by atoms with Crippen molar-refractivity contribution >= 4 is 29.2 Å². The van der Waals surface area contributed by atoms with Gasteiger partial charge in [0.1, 0.15) is 17.3 Å². The molecule has 4 heterocycles. The number of carbonyl (C=O) groups is 1. The monoisotopic (exact) mass is 496 g/mol. The van der Waals surface area contributed by atoms with Gasteiger partial charge in [-0.15, -0.1) is 0 Å². The lowest BCUT2D eigenvalue weighted by Gasteiger charge is -2.30. The van der Waals surface area contributed by atoms with E-state index in [-0.39, 0.29) is 5.92 Å². The SMILES string of the molecule is Cc1cccc(-c2nccc(Nc3ccnc(Nc4ccc(CN5CCCC(C(=O)O)C5)cc4)n3)n2)n1. The molecule has 0 amide bonds. The van der Waals surface area contributed by atoms with Gasteiger partial charge in [-0.1, -0.05) is 18.2 Å². The molecule has 0 aliphatic carbocycles. The van der Waals surface area contributed by atoms with Crippen molar-refractivity contribution < 1.29 is 9.90 Å². The molecule has 1 aliphatic heterocycles. The molecular formula is C27H28N8O2. The minimum Gasteiger partial charge on any atom is -0.481 e. The summed E-state index contributed by atoms with van der Waals surface area (Å²) in [6.07, 6.45) is 5.02. The van der Waals surface area contributed by atoms with E-state index in [1.54, 1.807) is 24.5 Å². The summed E-state index contributed by atoms with van der Waals surface area (Å²) in [5.41, 5.74) is 3.60. The molecule has 3 aromatic heterocycles. The molecule has 1 saturated heterocycles. The normalized spacial score (nSPS) is 15.8. The van der Waals surface area contributed by atoms with Crippen molar-refractivity contribution in [3.63, 3.8) is 0 Å². The number of aliphatic carboxylic acids is 1. The molecule has 10 nitrogen and oxygen atoms in total. The number of nitrogens with zero attached hydrogens (tertiary/aromatic N) is 6. The Morgan fingerprint density at radius 3 is 2.54 bits per heavy atom. The average molecular weight is 497 g/mol. The molecule has 0 radical (unpaired) electrons. The van der Waals surface area contributed by atoms with E-state index in [0.29, 0.717) is 35.6 Å². The first kappa shape index (κ1) is 24.3. The van der Waals surface area contributed by atoms with Crippen LogP contribution >= 0.6 is 0 Å². The van der Waals surface area contributed by atoms with Crippen LogP contribution in [0.25, 0.3) is 11.5 Å². The number of likely N-dealkylation sites (tertiary alicyclic amines) is 1. The van der Waals surface area contributed by atoms with Crippen molar-refractivity contribution in [3.05, 3.63) is 78.2 Å². The van der Waals surface area contributed by atoms with Gasteiger partial charge in [0.05, 0.1) is 5.92 Å². The first-order chi connectivity index (χ1) is 18.0. The lowest BCUT2D eigenvalue weighted by molar-refractivity contribution is -0.143. The van der Waals surface area contributed by atoms with Crippen LogP contribution in [-0.4, -0.2) is 54.0 Å². The Kier molecular flexibility index (Phi) is 7.27. The number of aromatic nitrogens is 5. The fourth-order valence-electron chi connectivity index (χ4n) is 4.32. The number of aryl methyl sites for hydroxylation is 1. The summed E-state index contributed by atoms with van der Waals surface area (Å²) in [5.74, 6) is 1.20. The Morgan fingerprint density at radius 2 is 1.76 bits per heavy atom. The summed E-state index contributed by atoms with van der Waals surface area (Å²) in [6.45, 7) is 4.18. The van der Waals surface area contributed by atoms with Crippen molar-refractivity contribution in [1.82, 2.24) is 29.8 Å². The summed E-state index contributed by atoms with van der Waals surface area (Å²) in [5, 5.41) is 15.7. The highest BCUT2D eigenvalue weighted by atomic mass is 16.4. The first-order valence-electron chi connectivity index (χ1n) is 12.2. The van der Waals surface area contributed by atoms with Crippen molar-refractivity contribution in [3.8, 4) is 11.5 Å². The van der Waals surface area contributed by atoms with Crippen molar-refractivity contribution in [2.45, 2.75) is 26.3 Å². The van der Waals surface area contributed by atoms with Crippen LogP contribution in [0.4, 0.5) is 23.3 Å². The Hall–Kier alpha value is -4.44. The third-order valence-corrected chi connectivity index (χ3v) is 6.16. The maximum atomic E-state index is 11.3.